The van der Waals surface area contributed by atoms with Crippen LogP contribution in [-0.4, -0.2) is 26.5 Å². The molecule has 0 unspecified atom stereocenters. The first-order valence-corrected chi connectivity index (χ1v) is 8.42. The lowest BCUT2D eigenvalue weighted by Crippen LogP contribution is -2.29. The Labute approximate surface area is 134 Å². The van der Waals surface area contributed by atoms with E-state index in [1.54, 1.807) is 20.8 Å². The number of esters is 1. The quantitative estimate of drug-likeness (QED) is 0.825. The lowest BCUT2D eigenvalue weighted by molar-refractivity contribution is -0.154. The molecule has 0 saturated carbocycles. The average molecular weight is 354 g/mol. The van der Waals surface area contributed by atoms with Crippen LogP contribution in [0, 0.1) is 0 Å². The second kappa shape index (κ2) is 6.96. The van der Waals surface area contributed by atoms with Gasteiger partial charge in [-0.25, -0.2) is 13.1 Å². The Morgan fingerprint density at radius 2 is 1.86 bits per heavy atom. The Balaban J connectivity index is 2.61. The molecule has 5 nitrogen and oxygen atoms in total. The van der Waals surface area contributed by atoms with Gasteiger partial charge in [0.2, 0.25) is 10.0 Å². The van der Waals surface area contributed by atoms with Crippen molar-refractivity contribution in [2.45, 2.75) is 37.7 Å². The summed E-state index contributed by atoms with van der Waals surface area (Å²) in [6.45, 7) is 5.16. The van der Waals surface area contributed by atoms with Crippen LogP contribution in [0.1, 0.15) is 27.2 Å². The van der Waals surface area contributed by atoms with E-state index in [2.05, 4.69) is 4.72 Å². The van der Waals surface area contributed by atoms with Gasteiger partial charge in [-0.15, -0.1) is 0 Å². The number of ether oxygens (including phenoxy) is 1. The molecule has 0 heterocycles. The summed E-state index contributed by atoms with van der Waals surface area (Å²) in [6, 6.07) is 3.98. The summed E-state index contributed by atoms with van der Waals surface area (Å²) in [4.78, 5) is 11.5. The third-order valence-corrected chi connectivity index (χ3v) is 4.44. The molecule has 0 spiro atoms. The number of sulfonamides is 1. The molecule has 0 aliphatic carbocycles. The molecule has 0 radical (unpaired) electrons. The maximum absolute atomic E-state index is 12.0. The van der Waals surface area contributed by atoms with E-state index >= 15 is 0 Å². The Morgan fingerprint density at radius 1 is 1.24 bits per heavy atom. The van der Waals surface area contributed by atoms with Gasteiger partial charge in [0.25, 0.3) is 0 Å². The summed E-state index contributed by atoms with van der Waals surface area (Å²) < 4.78 is 31.4. The van der Waals surface area contributed by atoms with E-state index in [0.717, 1.165) is 0 Å². The van der Waals surface area contributed by atoms with Crippen molar-refractivity contribution in [3.63, 3.8) is 0 Å². The summed E-state index contributed by atoms with van der Waals surface area (Å²) in [5.74, 6) is -0.473. The monoisotopic (exact) mass is 353 g/mol. The molecule has 0 aromatic heterocycles. The van der Waals surface area contributed by atoms with E-state index in [9.17, 15) is 13.2 Å². The molecule has 118 valence electrons. The number of benzene rings is 1. The number of carbonyl (C=O) groups is 1. The maximum atomic E-state index is 12.0. The van der Waals surface area contributed by atoms with Crippen molar-refractivity contribution in [2.75, 3.05) is 6.54 Å². The van der Waals surface area contributed by atoms with Crippen molar-refractivity contribution in [1.29, 1.82) is 0 Å². The summed E-state index contributed by atoms with van der Waals surface area (Å²) in [5, 5.41) is 0.413. The van der Waals surface area contributed by atoms with E-state index < -0.39 is 21.6 Å². The highest BCUT2D eigenvalue weighted by molar-refractivity contribution is 7.89. The van der Waals surface area contributed by atoms with Gasteiger partial charge in [-0.1, -0.05) is 23.2 Å². The molecule has 8 heteroatoms. The van der Waals surface area contributed by atoms with Crippen LogP contribution in [0.3, 0.4) is 0 Å². The molecule has 1 rings (SSSR count). The van der Waals surface area contributed by atoms with Crippen LogP contribution < -0.4 is 4.72 Å². The number of nitrogens with one attached hydrogen (secondary N) is 1. The van der Waals surface area contributed by atoms with Crippen LogP contribution in [0.5, 0.6) is 0 Å². The predicted molar refractivity (Wildman–Crippen MR) is 82.1 cm³/mol. The third-order valence-electron chi connectivity index (χ3n) is 2.24. The van der Waals surface area contributed by atoms with Gasteiger partial charge < -0.3 is 4.74 Å². The molecule has 0 saturated heterocycles. The SMILES string of the molecule is CC(C)(C)OC(=O)CCNS(=O)(=O)c1ccc(Cl)c(Cl)c1. The summed E-state index contributed by atoms with van der Waals surface area (Å²) in [6.07, 6.45) is -0.0577. The van der Waals surface area contributed by atoms with Gasteiger partial charge in [-0.05, 0) is 39.0 Å². The summed E-state index contributed by atoms with van der Waals surface area (Å²) in [7, 11) is -3.74. The molecule has 0 atom stereocenters. The highest BCUT2D eigenvalue weighted by Crippen LogP contribution is 2.24. The molecule has 0 aliphatic rings. The van der Waals surface area contributed by atoms with Gasteiger partial charge >= 0.3 is 5.97 Å². The minimum atomic E-state index is -3.74. The fraction of sp³-hybridized carbons (Fsp3) is 0.462. The predicted octanol–water partition coefficient (Wildman–Crippen LogP) is 3.00. The van der Waals surface area contributed by atoms with Gasteiger partial charge in [-0.2, -0.15) is 0 Å². The average Bonchev–Trinajstić information content (AvgIpc) is 2.29. The summed E-state index contributed by atoms with van der Waals surface area (Å²) in [5.41, 5.74) is -0.598. The van der Waals surface area contributed by atoms with Crippen LogP contribution in [0.15, 0.2) is 23.1 Å². The molecule has 0 fully saturated rings. The zero-order valence-electron chi connectivity index (χ0n) is 11.9. The van der Waals surface area contributed by atoms with E-state index in [-0.39, 0.29) is 27.9 Å². The molecular formula is C13H17Cl2NO4S. The molecule has 21 heavy (non-hydrogen) atoms. The topological polar surface area (TPSA) is 72.5 Å². The first-order chi connectivity index (χ1) is 9.51. The van der Waals surface area contributed by atoms with E-state index in [1.807, 2.05) is 0 Å². The second-order valence-corrected chi connectivity index (χ2v) is 7.89. The minimum absolute atomic E-state index is 0.0129. The number of halogens is 2. The molecule has 1 aromatic rings. The van der Waals surface area contributed by atoms with Gasteiger partial charge in [-0.3, -0.25) is 4.79 Å². The zero-order valence-corrected chi connectivity index (χ0v) is 14.3. The Bertz CT molecular complexity index is 624. The van der Waals surface area contributed by atoms with Gasteiger partial charge in [0.05, 0.1) is 21.4 Å². The molecule has 0 aliphatic heterocycles. The van der Waals surface area contributed by atoms with Gasteiger partial charge in [0, 0.05) is 6.54 Å². The Hall–Kier alpha value is -0.820. The van der Waals surface area contributed by atoms with E-state index in [1.165, 1.54) is 18.2 Å². The van der Waals surface area contributed by atoms with Crippen LogP contribution >= 0.6 is 23.2 Å². The largest absolute Gasteiger partial charge is 0.460 e. The Morgan fingerprint density at radius 3 is 2.38 bits per heavy atom. The highest BCUT2D eigenvalue weighted by Gasteiger charge is 2.18. The molecule has 1 N–H and O–H groups in total. The fourth-order valence-electron chi connectivity index (χ4n) is 1.41. The number of carbonyl (C=O) groups excluding carboxylic acids is 1. The molecule has 0 amide bonds. The first-order valence-electron chi connectivity index (χ1n) is 6.18. The number of hydrogen-bond acceptors (Lipinski definition) is 4. The standard InChI is InChI=1S/C13H17Cl2NO4S/c1-13(2,3)20-12(17)6-7-16-21(18,19)9-4-5-10(14)11(15)8-9/h4-5,8,16H,6-7H2,1-3H3. The van der Waals surface area contributed by atoms with Crippen LogP contribution in [0.25, 0.3) is 0 Å². The van der Waals surface area contributed by atoms with Crippen molar-refractivity contribution < 1.29 is 17.9 Å². The van der Waals surface area contributed by atoms with Crippen molar-refractivity contribution in [1.82, 2.24) is 4.72 Å². The number of rotatable bonds is 5. The lowest BCUT2D eigenvalue weighted by Gasteiger charge is -2.19. The van der Waals surface area contributed by atoms with Crippen LogP contribution in [0.2, 0.25) is 10.0 Å². The summed E-state index contributed by atoms with van der Waals surface area (Å²) >= 11 is 11.5. The minimum Gasteiger partial charge on any atom is -0.460 e. The fourth-order valence-corrected chi connectivity index (χ4v) is 2.83. The highest BCUT2D eigenvalue weighted by atomic mass is 35.5. The zero-order chi connectivity index (χ0) is 16.3. The van der Waals surface area contributed by atoms with E-state index in [4.69, 9.17) is 27.9 Å². The van der Waals surface area contributed by atoms with Gasteiger partial charge in [0.15, 0.2) is 0 Å². The maximum Gasteiger partial charge on any atom is 0.307 e. The molecule has 1 aromatic carbocycles. The van der Waals surface area contributed by atoms with Crippen molar-refractivity contribution >= 4 is 39.2 Å². The van der Waals surface area contributed by atoms with E-state index in [0.29, 0.717) is 0 Å². The van der Waals surface area contributed by atoms with Crippen molar-refractivity contribution in [2.24, 2.45) is 0 Å². The Kier molecular flexibility index (Phi) is 6.04. The first kappa shape index (κ1) is 18.2. The molecular weight excluding hydrogens is 337 g/mol. The lowest BCUT2D eigenvalue weighted by atomic mass is 10.2. The molecule has 0 bridgehead atoms. The normalized spacial score (nSPS) is 12.2. The van der Waals surface area contributed by atoms with Gasteiger partial charge in [0.1, 0.15) is 5.60 Å². The van der Waals surface area contributed by atoms with Crippen LogP contribution in [-0.2, 0) is 19.6 Å². The third kappa shape index (κ3) is 6.22. The van der Waals surface area contributed by atoms with Crippen LogP contribution in [0.4, 0.5) is 0 Å². The van der Waals surface area contributed by atoms with Crippen molar-refractivity contribution in [3.8, 4) is 0 Å². The smallest absolute Gasteiger partial charge is 0.307 e. The number of hydrogen-bond donors (Lipinski definition) is 1. The second-order valence-electron chi connectivity index (χ2n) is 5.31. The van der Waals surface area contributed by atoms with Crippen molar-refractivity contribution in [3.05, 3.63) is 28.2 Å².